The van der Waals surface area contributed by atoms with E-state index < -0.39 is 10.9 Å². The molecule has 1 aromatic rings. The highest BCUT2D eigenvalue weighted by atomic mass is 16.7. The number of ether oxygens (including phenoxy) is 2. The SMILES string of the molecule is O=C(O[C@H]1CCC[C@]23CCCC[C@]12O3)c1ccc([N+](=O)[O-])cc1. The van der Waals surface area contributed by atoms with E-state index in [1.165, 1.54) is 30.7 Å². The summed E-state index contributed by atoms with van der Waals surface area (Å²) in [6.45, 7) is 0. The lowest BCUT2D eigenvalue weighted by Gasteiger charge is -2.35. The van der Waals surface area contributed by atoms with E-state index in [9.17, 15) is 14.9 Å². The van der Waals surface area contributed by atoms with Gasteiger partial charge >= 0.3 is 5.97 Å². The Morgan fingerprint density at radius 1 is 1.17 bits per heavy atom. The zero-order valence-electron chi connectivity index (χ0n) is 12.8. The lowest BCUT2D eigenvalue weighted by Crippen LogP contribution is -2.45. The minimum atomic E-state index is -0.483. The molecular formula is C17H19NO5. The molecular weight excluding hydrogens is 298 g/mol. The zero-order chi connectivity index (χ0) is 16.1. The molecule has 0 spiro atoms. The second kappa shape index (κ2) is 5.03. The van der Waals surface area contributed by atoms with Gasteiger partial charge in [0.2, 0.25) is 0 Å². The van der Waals surface area contributed by atoms with Gasteiger partial charge in [-0.15, -0.1) is 0 Å². The minimum absolute atomic E-state index is 0.0327. The lowest BCUT2D eigenvalue weighted by atomic mass is 9.69. The van der Waals surface area contributed by atoms with Crippen LogP contribution in [-0.4, -0.2) is 28.2 Å². The Hall–Kier alpha value is -1.95. The summed E-state index contributed by atoms with van der Waals surface area (Å²) >= 11 is 0. The third-order valence-corrected chi connectivity index (χ3v) is 5.62. The number of benzene rings is 1. The lowest BCUT2D eigenvalue weighted by molar-refractivity contribution is -0.384. The highest BCUT2D eigenvalue weighted by Crippen LogP contribution is 2.65. The third-order valence-electron chi connectivity index (χ3n) is 5.62. The summed E-state index contributed by atoms with van der Waals surface area (Å²) in [6.07, 6.45) is 7.06. The topological polar surface area (TPSA) is 82.0 Å². The second-order valence-corrected chi connectivity index (χ2v) is 6.78. The van der Waals surface area contributed by atoms with Crippen LogP contribution in [0.15, 0.2) is 24.3 Å². The summed E-state index contributed by atoms with van der Waals surface area (Å²) < 4.78 is 11.9. The van der Waals surface area contributed by atoms with E-state index >= 15 is 0 Å². The average molecular weight is 317 g/mol. The van der Waals surface area contributed by atoms with Crippen molar-refractivity contribution < 1.29 is 19.2 Å². The molecule has 1 saturated heterocycles. The molecule has 0 N–H and O–H groups in total. The summed E-state index contributed by atoms with van der Waals surface area (Å²) in [7, 11) is 0. The molecule has 122 valence electrons. The van der Waals surface area contributed by atoms with Crippen molar-refractivity contribution in [3.05, 3.63) is 39.9 Å². The van der Waals surface area contributed by atoms with Crippen LogP contribution in [0, 0.1) is 10.1 Å². The average Bonchev–Trinajstić information content (AvgIpc) is 3.26. The van der Waals surface area contributed by atoms with E-state index in [0.717, 1.165) is 38.5 Å². The van der Waals surface area contributed by atoms with Crippen molar-refractivity contribution in [3.8, 4) is 0 Å². The van der Waals surface area contributed by atoms with E-state index in [2.05, 4.69) is 0 Å². The summed E-state index contributed by atoms with van der Waals surface area (Å²) in [6, 6.07) is 5.55. The van der Waals surface area contributed by atoms with Crippen LogP contribution < -0.4 is 0 Å². The molecule has 1 aliphatic heterocycles. The largest absolute Gasteiger partial charge is 0.456 e. The number of carbonyl (C=O) groups excluding carboxylic acids is 1. The normalized spacial score (nSPS) is 34.9. The summed E-state index contributed by atoms with van der Waals surface area (Å²) in [5.41, 5.74) is -0.00148. The molecule has 0 unspecified atom stereocenters. The first-order chi connectivity index (χ1) is 11.1. The number of nitro groups is 1. The predicted octanol–water partition coefficient (Wildman–Crippen LogP) is 3.39. The first kappa shape index (κ1) is 14.6. The minimum Gasteiger partial charge on any atom is -0.456 e. The van der Waals surface area contributed by atoms with Crippen molar-refractivity contribution in [2.45, 2.75) is 62.3 Å². The Kier molecular flexibility index (Phi) is 3.20. The molecule has 23 heavy (non-hydrogen) atoms. The van der Waals surface area contributed by atoms with Crippen LogP contribution in [0.25, 0.3) is 0 Å². The van der Waals surface area contributed by atoms with Crippen molar-refractivity contribution >= 4 is 11.7 Å². The van der Waals surface area contributed by atoms with Gasteiger partial charge in [0.15, 0.2) is 0 Å². The van der Waals surface area contributed by atoms with Gasteiger partial charge in [0, 0.05) is 12.1 Å². The zero-order valence-corrected chi connectivity index (χ0v) is 12.8. The third kappa shape index (κ3) is 2.16. The fourth-order valence-corrected chi connectivity index (χ4v) is 4.45. The van der Waals surface area contributed by atoms with Gasteiger partial charge < -0.3 is 9.47 Å². The Balaban J connectivity index is 1.49. The number of carbonyl (C=O) groups is 1. The Morgan fingerprint density at radius 2 is 1.87 bits per heavy atom. The van der Waals surface area contributed by atoms with Crippen molar-refractivity contribution in [2.24, 2.45) is 0 Å². The molecule has 6 heteroatoms. The fraction of sp³-hybridized carbons (Fsp3) is 0.588. The van der Waals surface area contributed by atoms with Gasteiger partial charge in [0.05, 0.1) is 10.5 Å². The Morgan fingerprint density at radius 3 is 2.61 bits per heavy atom. The quantitative estimate of drug-likeness (QED) is 0.369. The van der Waals surface area contributed by atoms with Crippen molar-refractivity contribution in [3.63, 3.8) is 0 Å². The maximum Gasteiger partial charge on any atom is 0.338 e. The van der Waals surface area contributed by atoms with Crippen molar-refractivity contribution in [1.82, 2.24) is 0 Å². The number of hydrogen-bond donors (Lipinski definition) is 0. The van der Waals surface area contributed by atoms with E-state index in [-0.39, 0.29) is 23.0 Å². The molecule has 0 amide bonds. The van der Waals surface area contributed by atoms with Gasteiger partial charge in [0.25, 0.3) is 5.69 Å². The number of esters is 1. The van der Waals surface area contributed by atoms with Gasteiger partial charge in [-0.25, -0.2) is 4.79 Å². The van der Waals surface area contributed by atoms with Crippen LogP contribution in [0.1, 0.15) is 55.3 Å². The molecule has 3 fully saturated rings. The molecule has 3 aliphatic rings. The molecule has 1 aromatic carbocycles. The maximum atomic E-state index is 12.4. The summed E-state index contributed by atoms with van der Waals surface area (Å²) in [5.74, 6) is -0.420. The van der Waals surface area contributed by atoms with Crippen molar-refractivity contribution in [2.75, 3.05) is 0 Å². The van der Waals surface area contributed by atoms with Gasteiger partial charge in [-0.1, -0.05) is 12.8 Å². The van der Waals surface area contributed by atoms with Crippen LogP contribution in [0.2, 0.25) is 0 Å². The van der Waals surface area contributed by atoms with Gasteiger partial charge in [-0.2, -0.15) is 0 Å². The van der Waals surface area contributed by atoms with Crippen LogP contribution in [0.5, 0.6) is 0 Å². The van der Waals surface area contributed by atoms with Gasteiger partial charge in [0.1, 0.15) is 17.3 Å². The molecule has 0 aromatic heterocycles. The Bertz CT molecular complexity index is 653. The summed E-state index contributed by atoms with van der Waals surface area (Å²) in [4.78, 5) is 22.6. The highest BCUT2D eigenvalue weighted by Gasteiger charge is 2.75. The molecule has 0 radical (unpaired) electrons. The number of non-ortho nitro benzene ring substituents is 1. The molecule has 0 bridgehead atoms. The van der Waals surface area contributed by atoms with Gasteiger partial charge in [-0.05, 0) is 44.2 Å². The molecule has 3 atom stereocenters. The molecule has 2 aliphatic carbocycles. The van der Waals surface area contributed by atoms with E-state index in [1.54, 1.807) is 0 Å². The summed E-state index contributed by atoms with van der Waals surface area (Å²) in [5, 5.41) is 10.7. The number of epoxide rings is 1. The first-order valence-corrected chi connectivity index (χ1v) is 8.22. The Labute approximate surface area is 133 Å². The molecule has 6 nitrogen and oxygen atoms in total. The van der Waals surface area contributed by atoms with Crippen LogP contribution >= 0.6 is 0 Å². The smallest absolute Gasteiger partial charge is 0.338 e. The first-order valence-electron chi connectivity index (χ1n) is 8.22. The van der Waals surface area contributed by atoms with Gasteiger partial charge in [-0.3, -0.25) is 10.1 Å². The number of hydrogen-bond acceptors (Lipinski definition) is 5. The van der Waals surface area contributed by atoms with Crippen molar-refractivity contribution in [1.29, 1.82) is 0 Å². The predicted molar refractivity (Wildman–Crippen MR) is 81.2 cm³/mol. The number of rotatable bonds is 3. The number of nitrogens with zero attached hydrogens (tertiary/aromatic N) is 1. The second-order valence-electron chi connectivity index (χ2n) is 6.78. The highest BCUT2D eigenvalue weighted by molar-refractivity contribution is 5.89. The number of nitro benzene ring substituents is 1. The maximum absolute atomic E-state index is 12.4. The van der Waals surface area contributed by atoms with E-state index in [4.69, 9.17) is 9.47 Å². The molecule has 1 heterocycles. The van der Waals surface area contributed by atoms with Crippen LogP contribution in [0.4, 0.5) is 5.69 Å². The molecule has 4 rings (SSSR count). The standard InChI is InChI=1S/C17H19NO5/c19-15(12-5-7-13(8-6-12)18(20)21)22-14-4-3-10-16-9-1-2-11-17(14,16)23-16/h5-8,14H,1-4,9-11H2/t14-,16+,17-/m0/s1. The van der Waals surface area contributed by atoms with E-state index in [0.29, 0.717) is 5.56 Å². The fourth-order valence-electron chi connectivity index (χ4n) is 4.45. The van der Waals surface area contributed by atoms with Crippen LogP contribution in [-0.2, 0) is 9.47 Å². The van der Waals surface area contributed by atoms with Crippen LogP contribution in [0.3, 0.4) is 0 Å². The monoisotopic (exact) mass is 317 g/mol. The molecule has 2 saturated carbocycles. The van der Waals surface area contributed by atoms with E-state index in [1.807, 2.05) is 0 Å².